The van der Waals surface area contributed by atoms with Gasteiger partial charge in [-0.15, -0.1) is 0 Å². The molecule has 0 aliphatic heterocycles. The molecule has 2 aromatic rings. The molecule has 0 saturated heterocycles. The maximum absolute atomic E-state index is 12.1. The highest BCUT2D eigenvalue weighted by atomic mass is 16.1. The number of carbonyl (C=O) groups excluding carboxylic acids is 1. The zero-order chi connectivity index (χ0) is 16.7. The van der Waals surface area contributed by atoms with Crippen molar-refractivity contribution >= 4 is 17.3 Å². The zero-order valence-corrected chi connectivity index (χ0v) is 13.2. The summed E-state index contributed by atoms with van der Waals surface area (Å²) in [5.41, 5.74) is 2.70. The minimum atomic E-state index is -0.437. The van der Waals surface area contributed by atoms with Gasteiger partial charge in [0.15, 0.2) is 0 Å². The Hall–Kier alpha value is -3.06. The van der Waals surface area contributed by atoms with Crippen LogP contribution in [0.3, 0.4) is 0 Å². The lowest BCUT2D eigenvalue weighted by atomic mass is 10.0. The number of rotatable bonds is 5. The number of nitrogens with zero attached hydrogens (tertiary/aromatic N) is 1. The quantitative estimate of drug-likeness (QED) is 0.640. The van der Waals surface area contributed by atoms with Crippen molar-refractivity contribution in [1.82, 2.24) is 0 Å². The molecule has 0 aliphatic carbocycles. The van der Waals surface area contributed by atoms with Crippen LogP contribution in [0.2, 0.25) is 0 Å². The first-order valence-corrected chi connectivity index (χ1v) is 7.43. The van der Waals surface area contributed by atoms with Gasteiger partial charge in [0.1, 0.15) is 11.6 Å². The van der Waals surface area contributed by atoms with E-state index in [0.29, 0.717) is 11.6 Å². The van der Waals surface area contributed by atoms with Crippen LogP contribution < -0.4 is 10.6 Å². The van der Waals surface area contributed by atoms with Gasteiger partial charge in [0, 0.05) is 17.6 Å². The standard InChI is InChI=1S/C19H19N3O/c1-14(2)15-8-10-18(11-9-15)22-19(23)16(12-20)13-21-17-6-4-3-5-7-17/h3-11,13-14,21H,1-2H3,(H,22,23)/b16-13-. The Bertz CT molecular complexity index is 725. The second-order valence-corrected chi connectivity index (χ2v) is 5.41. The van der Waals surface area contributed by atoms with Crippen molar-refractivity contribution in [2.45, 2.75) is 19.8 Å². The molecule has 2 rings (SSSR count). The number of para-hydroxylation sites is 1. The maximum Gasteiger partial charge on any atom is 0.267 e. The van der Waals surface area contributed by atoms with E-state index in [4.69, 9.17) is 5.26 Å². The molecule has 1 amide bonds. The summed E-state index contributed by atoms with van der Waals surface area (Å²) in [6.45, 7) is 4.22. The summed E-state index contributed by atoms with van der Waals surface area (Å²) >= 11 is 0. The van der Waals surface area contributed by atoms with Crippen LogP contribution >= 0.6 is 0 Å². The van der Waals surface area contributed by atoms with Crippen molar-refractivity contribution in [3.8, 4) is 6.07 Å². The van der Waals surface area contributed by atoms with Crippen LogP contribution in [0.25, 0.3) is 0 Å². The first-order chi connectivity index (χ1) is 11.1. The Morgan fingerprint density at radius 1 is 1.04 bits per heavy atom. The normalized spacial score (nSPS) is 11.0. The molecule has 0 spiro atoms. The van der Waals surface area contributed by atoms with E-state index in [1.807, 2.05) is 60.7 Å². The highest BCUT2D eigenvalue weighted by Crippen LogP contribution is 2.17. The zero-order valence-electron chi connectivity index (χ0n) is 13.2. The van der Waals surface area contributed by atoms with Crippen LogP contribution in [0, 0.1) is 11.3 Å². The molecule has 0 fully saturated rings. The van der Waals surface area contributed by atoms with Crippen molar-refractivity contribution in [3.05, 3.63) is 71.9 Å². The minimum absolute atomic E-state index is 0.0155. The highest BCUT2D eigenvalue weighted by molar-refractivity contribution is 6.06. The number of nitriles is 1. The molecule has 0 heterocycles. The summed E-state index contributed by atoms with van der Waals surface area (Å²) in [6.07, 6.45) is 1.41. The van der Waals surface area contributed by atoms with Gasteiger partial charge < -0.3 is 10.6 Å². The topological polar surface area (TPSA) is 64.9 Å². The van der Waals surface area contributed by atoms with E-state index in [9.17, 15) is 4.79 Å². The molecule has 2 N–H and O–H groups in total. The van der Waals surface area contributed by atoms with E-state index in [1.54, 1.807) is 0 Å². The average Bonchev–Trinajstić information content (AvgIpc) is 2.57. The maximum atomic E-state index is 12.1. The van der Waals surface area contributed by atoms with E-state index in [0.717, 1.165) is 5.69 Å². The van der Waals surface area contributed by atoms with Crippen LogP contribution in [0.5, 0.6) is 0 Å². The molecule has 116 valence electrons. The Kier molecular flexibility index (Phi) is 5.54. The molecule has 2 aromatic carbocycles. The SMILES string of the molecule is CC(C)c1ccc(NC(=O)/C(C#N)=C\Nc2ccccc2)cc1. The van der Waals surface area contributed by atoms with E-state index < -0.39 is 5.91 Å². The van der Waals surface area contributed by atoms with Crippen LogP contribution in [-0.4, -0.2) is 5.91 Å². The van der Waals surface area contributed by atoms with Crippen molar-refractivity contribution in [2.24, 2.45) is 0 Å². The molecule has 0 atom stereocenters. The van der Waals surface area contributed by atoms with E-state index >= 15 is 0 Å². The molecular formula is C19H19N3O. The fourth-order valence-corrected chi connectivity index (χ4v) is 1.99. The summed E-state index contributed by atoms with van der Waals surface area (Å²) in [7, 11) is 0. The first kappa shape index (κ1) is 16.3. The van der Waals surface area contributed by atoms with Crippen LogP contribution in [0.1, 0.15) is 25.3 Å². The third kappa shape index (κ3) is 4.72. The van der Waals surface area contributed by atoms with E-state index in [2.05, 4.69) is 24.5 Å². The number of benzene rings is 2. The van der Waals surface area contributed by atoms with Crippen molar-refractivity contribution in [3.63, 3.8) is 0 Å². The predicted octanol–water partition coefficient (Wildman–Crippen LogP) is 4.27. The molecule has 0 aromatic heterocycles. The summed E-state index contributed by atoms with van der Waals surface area (Å²) in [6, 6.07) is 18.9. The van der Waals surface area contributed by atoms with Crippen LogP contribution in [-0.2, 0) is 4.79 Å². The monoisotopic (exact) mass is 305 g/mol. The molecule has 4 nitrogen and oxygen atoms in total. The fourth-order valence-electron chi connectivity index (χ4n) is 1.99. The van der Waals surface area contributed by atoms with Crippen molar-refractivity contribution in [1.29, 1.82) is 5.26 Å². The van der Waals surface area contributed by atoms with Gasteiger partial charge in [-0.05, 0) is 35.7 Å². The Morgan fingerprint density at radius 2 is 1.70 bits per heavy atom. The van der Waals surface area contributed by atoms with Gasteiger partial charge >= 0.3 is 0 Å². The summed E-state index contributed by atoms with van der Waals surface area (Å²) in [4.78, 5) is 12.1. The number of hydrogen-bond donors (Lipinski definition) is 2. The number of carbonyl (C=O) groups is 1. The smallest absolute Gasteiger partial charge is 0.267 e. The second-order valence-electron chi connectivity index (χ2n) is 5.41. The fraction of sp³-hybridized carbons (Fsp3) is 0.158. The summed E-state index contributed by atoms with van der Waals surface area (Å²) in [5.74, 6) is -0.00221. The van der Waals surface area contributed by atoms with Gasteiger partial charge in [0.05, 0.1) is 0 Å². The number of anilines is 2. The largest absolute Gasteiger partial charge is 0.360 e. The van der Waals surface area contributed by atoms with Gasteiger partial charge in [-0.3, -0.25) is 4.79 Å². The third-order valence-corrected chi connectivity index (χ3v) is 3.36. The molecule has 0 bridgehead atoms. The average molecular weight is 305 g/mol. The lowest BCUT2D eigenvalue weighted by Crippen LogP contribution is -2.14. The molecule has 0 unspecified atom stereocenters. The lowest BCUT2D eigenvalue weighted by Gasteiger charge is -2.08. The Labute approximate surface area is 136 Å². The number of hydrogen-bond acceptors (Lipinski definition) is 3. The molecule has 0 radical (unpaired) electrons. The Balaban J connectivity index is 2.04. The van der Waals surface area contributed by atoms with Crippen molar-refractivity contribution < 1.29 is 4.79 Å². The molecule has 23 heavy (non-hydrogen) atoms. The molecule has 0 aliphatic rings. The number of amides is 1. The van der Waals surface area contributed by atoms with Gasteiger partial charge in [0.2, 0.25) is 0 Å². The van der Waals surface area contributed by atoms with Gasteiger partial charge in [-0.25, -0.2) is 0 Å². The van der Waals surface area contributed by atoms with Gasteiger partial charge in [-0.2, -0.15) is 5.26 Å². The van der Waals surface area contributed by atoms with Gasteiger partial charge in [-0.1, -0.05) is 44.2 Å². The minimum Gasteiger partial charge on any atom is -0.360 e. The van der Waals surface area contributed by atoms with Crippen LogP contribution in [0.15, 0.2) is 66.4 Å². The molecular weight excluding hydrogens is 286 g/mol. The number of nitrogens with one attached hydrogen (secondary N) is 2. The third-order valence-electron chi connectivity index (χ3n) is 3.36. The van der Waals surface area contributed by atoms with Crippen LogP contribution in [0.4, 0.5) is 11.4 Å². The van der Waals surface area contributed by atoms with E-state index in [-0.39, 0.29) is 5.57 Å². The highest BCUT2D eigenvalue weighted by Gasteiger charge is 2.09. The second kappa shape index (κ2) is 7.81. The summed E-state index contributed by atoms with van der Waals surface area (Å²) < 4.78 is 0. The van der Waals surface area contributed by atoms with Gasteiger partial charge in [0.25, 0.3) is 5.91 Å². The first-order valence-electron chi connectivity index (χ1n) is 7.43. The van der Waals surface area contributed by atoms with Crippen molar-refractivity contribution in [2.75, 3.05) is 10.6 Å². The summed E-state index contributed by atoms with van der Waals surface area (Å²) in [5, 5.41) is 14.8. The van der Waals surface area contributed by atoms with E-state index in [1.165, 1.54) is 11.8 Å². The molecule has 0 saturated carbocycles. The Morgan fingerprint density at radius 3 is 2.26 bits per heavy atom. The lowest BCUT2D eigenvalue weighted by molar-refractivity contribution is -0.112. The molecule has 4 heteroatoms. The predicted molar refractivity (Wildman–Crippen MR) is 92.9 cm³/mol.